The Bertz CT molecular complexity index is 980. The summed E-state index contributed by atoms with van der Waals surface area (Å²) in [4.78, 5) is 17.9. The smallest absolute Gasteiger partial charge is 0.338 e. The SMILES string of the molecule is FC(F)(F)CN1CCCC(C=Cc2ncc(-c3cnc(-c4ccccc4)nc3)[nH]2)C1. The molecule has 1 aromatic carbocycles. The lowest BCUT2D eigenvalue weighted by molar-refractivity contribution is -0.148. The first kappa shape index (κ1) is 20.3. The second kappa shape index (κ2) is 8.79. The van der Waals surface area contributed by atoms with E-state index in [9.17, 15) is 13.2 Å². The highest BCUT2D eigenvalue weighted by molar-refractivity contribution is 5.61. The van der Waals surface area contributed by atoms with Crippen molar-refractivity contribution in [3.63, 3.8) is 0 Å². The van der Waals surface area contributed by atoms with Gasteiger partial charge in [-0.05, 0) is 31.4 Å². The molecule has 156 valence electrons. The summed E-state index contributed by atoms with van der Waals surface area (Å²) in [5.74, 6) is 1.40. The van der Waals surface area contributed by atoms with Gasteiger partial charge in [0.15, 0.2) is 5.82 Å². The molecule has 1 atom stereocenters. The van der Waals surface area contributed by atoms with Crippen molar-refractivity contribution in [1.82, 2.24) is 24.8 Å². The van der Waals surface area contributed by atoms with E-state index in [1.54, 1.807) is 18.6 Å². The number of likely N-dealkylation sites (tertiary alicyclic amines) is 1. The van der Waals surface area contributed by atoms with E-state index in [2.05, 4.69) is 19.9 Å². The van der Waals surface area contributed by atoms with Crippen molar-refractivity contribution in [3.05, 3.63) is 60.8 Å². The van der Waals surface area contributed by atoms with Crippen LogP contribution in [0.15, 0.2) is 55.0 Å². The summed E-state index contributed by atoms with van der Waals surface area (Å²) in [6.45, 7) is 0.0628. The number of benzene rings is 1. The highest BCUT2D eigenvalue weighted by Crippen LogP contribution is 2.24. The minimum atomic E-state index is -4.15. The van der Waals surface area contributed by atoms with Crippen molar-refractivity contribution in [3.8, 4) is 22.6 Å². The van der Waals surface area contributed by atoms with Gasteiger partial charge in [0.25, 0.3) is 0 Å². The number of aromatic amines is 1. The van der Waals surface area contributed by atoms with Crippen LogP contribution in [0.25, 0.3) is 28.7 Å². The number of hydrogen-bond donors (Lipinski definition) is 1. The van der Waals surface area contributed by atoms with E-state index in [0.29, 0.717) is 24.7 Å². The fourth-order valence-electron chi connectivity index (χ4n) is 3.64. The predicted molar refractivity (Wildman–Crippen MR) is 109 cm³/mol. The molecule has 0 spiro atoms. The molecule has 3 heterocycles. The molecule has 1 aliphatic rings. The van der Waals surface area contributed by atoms with Gasteiger partial charge < -0.3 is 4.98 Å². The second-order valence-electron chi connectivity index (χ2n) is 7.46. The average molecular weight is 413 g/mol. The van der Waals surface area contributed by atoms with Gasteiger partial charge in [-0.15, -0.1) is 0 Å². The second-order valence-corrected chi connectivity index (χ2v) is 7.46. The highest BCUT2D eigenvalue weighted by Gasteiger charge is 2.32. The van der Waals surface area contributed by atoms with Crippen molar-refractivity contribution in [2.24, 2.45) is 5.92 Å². The van der Waals surface area contributed by atoms with Crippen LogP contribution in [0.2, 0.25) is 0 Å². The number of nitrogens with zero attached hydrogens (tertiary/aromatic N) is 4. The van der Waals surface area contributed by atoms with Crippen LogP contribution < -0.4 is 0 Å². The first-order chi connectivity index (χ1) is 14.5. The number of aromatic nitrogens is 4. The lowest BCUT2D eigenvalue weighted by atomic mass is 9.97. The number of nitrogens with one attached hydrogen (secondary N) is 1. The molecule has 1 fully saturated rings. The zero-order valence-corrected chi connectivity index (χ0v) is 16.3. The molecule has 1 N–H and O–H groups in total. The standard InChI is InChI=1S/C22H22F3N5/c23-22(24,25)15-30-10-4-5-16(14-30)8-9-20-26-13-19(29-20)18-11-27-21(28-12-18)17-6-2-1-3-7-17/h1-3,6-9,11-13,16H,4-5,10,14-15H2,(H,26,29). The molecule has 3 aromatic rings. The first-order valence-corrected chi connectivity index (χ1v) is 9.86. The van der Waals surface area contributed by atoms with Crippen LogP contribution in [-0.2, 0) is 0 Å². The van der Waals surface area contributed by atoms with Gasteiger partial charge in [0.2, 0.25) is 0 Å². The predicted octanol–water partition coefficient (Wildman–Crippen LogP) is 4.82. The summed E-state index contributed by atoms with van der Waals surface area (Å²) in [5, 5.41) is 0. The fraction of sp³-hybridized carbons (Fsp3) is 0.318. The van der Waals surface area contributed by atoms with Gasteiger partial charge in [0.1, 0.15) is 5.82 Å². The number of hydrogen-bond acceptors (Lipinski definition) is 4. The van der Waals surface area contributed by atoms with Crippen molar-refractivity contribution in [1.29, 1.82) is 0 Å². The molecule has 5 nitrogen and oxygen atoms in total. The lowest BCUT2D eigenvalue weighted by Crippen LogP contribution is -2.40. The van der Waals surface area contributed by atoms with Crippen LogP contribution >= 0.6 is 0 Å². The maximum atomic E-state index is 12.6. The van der Waals surface area contributed by atoms with Gasteiger partial charge in [-0.25, -0.2) is 15.0 Å². The summed E-state index contributed by atoms with van der Waals surface area (Å²) in [7, 11) is 0. The molecule has 0 saturated carbocycles. The molecule has 0 radical (unpaired) electrons. The van der Waals surface area contributed by atoms with Crippen LogP contribution in [0.3, 0.4) is 0 Å². The van der Waals surface area contributed by atoms with E-state index < -0.39 is 12.7 Å². The zero-order valence-electron chi connectivity index (χ0n) is 16.3. The van der Waals surface area contributed by atoms with Gasteiger partial charge in [0, 0.05) is 30.1 Å². The monoisotopic (exact) mass is 413 g/mol. The molecule has 1 aliphatic heterocycles. The maximum absolute atomic E-state index is 12.6. The Morgan fingerprint density at radius 2 is 1.80 bits per heavy atom. The quantitative estimate of drug-likeness (QED) is 0.652. The van der Waals surface area contributed by atoms with E-state index in [4.69, 9.17) is 0 Å². The van der Waals surface area contributed by atoms with E-state index in [-0.39, 0.29) is 5.92 Å². The minimum absolute atomic E-state index is 0.0862. The fourth-order valence-corrected chi connectivity index (χ4v) is 3.64. The van der Waals surface area contributed by atoms with Crippen LogP contribution in [0.4, 0.5) is 13.2 Å². The number of piperidine rings is 1. The van der Waals surface area contributed by atoms with Crippen molar-refractivity contribution >= 4 is 6.08 Å². The Hall–Kier alpha value is -3.00. The van der Waals surface area contributed by atoms with Gasteiger partial charge in [-0.3, -0.25) is 4.90 Å². The van der Waals surface area contributed by atoms with Crippen molar-refractivity contribution in [2.45, 2.75) is 19.0 Å². The molecule has 1 saturated heterocycles. The molecule has 4 rings (SSSR count). The summed E-state index contributed by atoms with van der Waals surface area (Å²) in [6, 6.07) is 9.73. The van der Waals surface area contributed by atoms with E-state index in [1.165, 1.54) is 4.90 Å². The largest absolute Gasteiger partial charge is 0.401 e. The average Bonchev–Trinajstić information content (AvgIpc) is 3.21. The molecular formula is C22H22F3N5. The van der Waals surface area contributed by atoms with E-state index in [0.717, 1.165) is 29.7 Å². The number of rotatable bonds is 5. The molecule has 8 heteroatoms. The molecule has 2 aromatic heterocycles. The highest BCUT2D eigenvalue weighted by atomic mass is 19.4. The zero-order chi connectivity index (χ0) is 21.0. The van der Waals surface area contributed by atoms with Crippen molar-refractivity contribution < 1.29 is 13.2 Å². The summed E-state index contributed by atoms with van der Waals surface area (Å²) in [6.07, 6.45) is 6.47. The molecule has 1 unspecified atom stereocenters. The Labute approximate surface area is 172 Å². The van der Waals surface area contributed by atoms with Crippen LogP contribution in [-0.4, -0.2) is 50.6 Å². The third-order valence-corrected chi connectivity index (χ3v) is 5.06. The lowest BCUT2D eigenvalue weighted by Gasteiger charge is -2.31. The topological polar surface area (TPSA) is 57.7 Å². The third-order valence-electron chi connectivity index (χ3n) is 5.06. The van der Waals surface area contributed by atoms with E-state index >= 15 is 0 Å². The van der Waals surface area contributed by atoms with Gasteiger partial charge in [-0.1, -0.05) is 36.4 Å². The van der Waals surface area contributed by atoms with Crippen LogP contribution in [0.5, 0.6) is 0 Å². The number of halogens is 3. The number of imidazole rings is 1. The number of alkyl halides is 3. The van der Waals surface area contributed by atoms with Gasteiger partial charge in [0.05, 0.1) is 18.4 Å². The van der Waals surface area contributed by atoms with Crippen molar-refractivity contribution in [2.75, 3.05) is 19.6 Å². The Kier molecular flexibility index (Phi) is 5.94. The Morgan fingerprint density at radius 1 is 1.03 bits per heavy atom. The first-order valence-electron chi connectivity index (χ1n) is 9.86. The van der Waals surface area contributed by atoms with Crippen LogP contribution in [0.1, 0.15) is 18.7 Å². The third kappa shape index (κ3) is 5.33. The maximum Gasteiger partial charge on any atom is 0.401 e. The molecule has 30 heavy (non-hydrogen) atoms. The number of H-pyrrole nitrogens is 1. The summed E-state index contributed by atoms with van der Waals surface area (Å²) in [5.41, 5.74) is 2.55. The normalized spacial score (nSPS) is 18.2. The minimum Gasteiger partial charge on any atom is -0.338 e. The van der Waals surface area contributed by atoms with Gasteiger partial charge in [-0.2, -0.15) is 13.2 Å². The van der Waals surface area contributed by atoms with E-state index in [1.807, 2.05) is 42.5 Å². The summed E-state index contributed by atoms with van der Waals surface area (Å²) < 4.78 is 37.9. The molecule has 0 bridgehead atoms. The Morgan fingerprint density at radius 3 is 2.53 bits per heavy atom. The van der Waals surface area contributed by atoms with Gasteiger partial charge >= 0.3 is 6.18 Å². The Balaban J connectivity index is 1.39. The molecule has 0 aliphatic carbocycles. The summed E-state index contributed by atoms with van der Waals surface area (Å²) >= 11 is 0. The van der Waals surface area contributed by atoms with Crippen LogP contribution in [0, 0.1) is 5.92 Å². The molecule has 0 amide bonds. The molecular weight excluding hydrogens is 391 g/mol.